The van der Waals surface area contributed by atoms with E-state index in [0.29, 0.717) is 12.1 Å². The Hall–Kier alpha value is -0.860. The van der Waals surface area contributed by atoms with Crippen LogP contribution in [-0.4, -0.2) is 18.8 Å². The van der Waals surface area contributed by atoms with Crippen LogP contribution in [0.15, 0.2) is 18.2 Å². The van der Waals surface area contributed by atoms with E-state index in [2.05, 4.69) is 44.3 Å². The standard InChI is InChI=1S/C15H23NO/c1-11-4-5-14(8-12(11)2)10-16-15-6-7-17-13(3)9-15/h4-5,8,13,15-16H,6-7,9-10H2,1-3H3/t13-,15-/m1/s1. The highest BCUT2D eigenvalue weighted by Gasteiger charge is 2.18. The average molecular weight is 233 g/mol. The minimum atomic E-state index is 0.404. The third-order valence-corrected chi connectivity index (χ3v) is 3.65. The molecule has 1 heterocycles. The maximum absolute atomic E-state index is 5.55. The molecule has 0 saturated carbocycles. The predicted molar refractivity (Wildman–Crippen MR) is 71.2 cm³/mol. The maximum Gasteiger partial charge on any atom is 0.0561 e. The molecule has 0 aromatic heterocycles. The van der Waals surface area contributed by atoms with Crippen LogP contribution >= 0.6 is 0 Å². The van der Waals surface area contributed by atoms with Crippen LogP contribution in [0, 0.1) is 13.8 Å². The number of hydrogen-bond acceptors (Lipinski definition) is 2. The van der Waals surface area contributed by atoms with Crippen molar-refractivity contribution in [3.8, 4) is 0 Å². The van der Waals surface area contributed by atoms with Gasteiger partial charge in [-0.2, -0.15) is 0 Å². The third-order valence-electron chi connectivity index (χ3n) is 3.65. The van der Waals surface area contributed by atoms with Gasteiger partial charge >= 0.3 is 0 Å². The van der Waals surface area contributed by atoms with E-state index in [-0.39, 0.29) is 0 Å². The zero-order valence-electron chi connectivity index (χ0n) is 11.1. The van der Waals surface area contributed by atoms with Crippen LogP contribution in [0.1, 0.15) is 36.5 Å². The molecule has 2 heteroatoms. The van der Waals surface area contributed by atoms with E-state index < -0.39 is 0 Å². The summed E-state index contributed by atoms with van der Waals surface area (Å²) in [5, 5.41) is 3.63. The highest BCUT2D eigenvalue weighted by Crippen LogP contribution is 2.15. The molecule has 0 aliphatic carbocycles. The van der Waals surface area contributed by atoms with Crippen molar-refractivity contribution in [2.75, 3.05) is 6.61 Å². The first-order valence-electron chi connectivity index (χ1n) is 6.56. The second-order valence-corrected chi connectivity index (χ2v) is 5.20. The summed E-state index contributed by atoms with van der Waals surface area (Å²) in [5.74, 6) is 0. The largest absolute Gasteiger partial charge is 0.378 e. The normalized spacial score (nSPS) is 24.9. The van der Waals surface area contributed by atoms with E-state index in [1.807, 2.05) is 0 Å². The number of benzene rings is 1. The van der Waals surface area contributed by atoms with Gasteiger partial charge in [-0.25, -0.2) is 0 Å². The van der Waals surface area contributed by atoms with Gasteiger partial charge in [-0.05, 0) is 50.3 Å². The number of ether oxygens (including phenoxy) is 1. The molecule has 0 bridgehead atoms. The van der Waals surface area contributed by atoms with Crippen LogP contribution in [0.25, 0.3) is 0 Å². The first kappa shape index (κ1) is 12.6. The summed E-state index contributed by atoms with van der Waals surface area (Å²) in [6.07, 6.45) is 2.67. The van der Waals surface area contributed by atoms with Gasteiger partial charge in [-0.1, -0.05) is 18.2 Å². The Labute approximate surface area is 104 Å². The lowest BCUT2D eigenvalue weighted by molar-refractivity contribution is 0.0130. The minimum Gasteiger partial charge on any atom is -0.378 e. The first-order valence-corrected chi connectivity index (χ1v) is 6.56. The second-order valence-electron chi connectivity index (χ2n) is 5.20. The molecule has 0 amide bonds. The Morgan fingerprint density at radius 2 is 2.12 bits per heavy atom. The average Bonchev–Trinajstić information content (AvgIpc) is 2.31. The Morgan fingerprint density at radius 1 is 1.29 bits per heavy atom. The van der Waals surface area contributed by atoms with Gasteiger partial charge in [0.15, 0.2) is 0 Å². The lowest BCUT2D eigenvalue weighted by atomic mass is 10.0. The Morgan fingerprint density at radius 3 is 2.82 bits per heavy atom. The molecule has 0 spiro atoms. The van der Waals surface area contributed by atoms with Crippen molar-refractivity contribution in [3.63, 3.8) is 0 Å². The molecular formula is C15H23NO. The first-order chi connectivity index (χ1) is 8.15. The van der Waals surface area contributed by atoms with Gasteiger partial charge < -0.3 is 10.1 Å². The van der Waals surface area contributed by atoms with Crippen LogP contribution in [-0.2, 0) is 11.3 Å². The minimum absolute atomic E-state index is 0.404. The number of rotatable bonds is 3. The number of nitrogens with one attached hydrogen (secondary N) is 1. The SMILES string of the molecule is Cc1ccc(CN[C@@H]2CCO[C@H](C)C2)cc1C. The summed E-state index contributed by atoms with van der Waals surface area (Å²) in [7, 11) is 0. The monoisotopic (exact) mass is 233 g/mol. The van der Waals surface area contributed by atoms with Gasteiger partial charge in [0.2, 0.25) is 0 Å². The van der Waals surface area contributed by atoms with Gasteiger partial charge in [-0.3, -0.25) is 0 Å². The van der Waals surface area contributed by atoms with Gasteiger partial charge in [0.25, 0.3) is 0 Å². The lowest BCUT2D eigenvalue weighted by Gasteiger charge is -2.28. The van der Waals surface area contributed by atoms with Crippen molar-refractivity contribution in [2.45, 2.75) is 52.3 Å². The highest BCUT2D eigenvalue weighted by atomic mass is 16.5. The summed E-state index contributed by atoms with van der Waals surface area (Å²) in [6.45, 7) is 8.36. The molecule has 1 aromatic rings. The van der Waals surface area contributed by atoms with Crippen LogP contribution in [0.3, 0.4) is 0 Å². The molecule has 1 aromatic carbocycles. The van der Waals surface area contributed by atoms with E-state index in [1.54, 1.807) is 0 Å². The van der Waals surface area contributed by atoms with Crippen molar-refractivity contribution in [2.24, 2.45) is 0 Å². The molecule has 1 N–H and O–H groups in total. The van der Waals surface area contributed by atoms with Crippen molar-refractivity contribution < 1.29 is 4.74 Å². The molecule has 17 heavy (non-hydrogen) atoms. The summed E-state index contributed by atoms with van der Waals surface area (Å²) < 4.78 is 5.55. The molecule has 1 fully saturated rings. The summed E-state index contributed by atoms with van der Waals surface area (Å²) in [5.41, 5.74) is 4.13. The second kappa shape index (κ2) is 5.65. The molecule has 1 saturated heterocycles. The zero-order chi connectivity index (χ0) is 12.3. The molecule has 94 valence electrons. The predicted octanol–water partition coefficient (Wildman–Crippen LogP) is 2.96. The van der Waals surface area contributed by atoms with Gasteiger partial charge in [0, 0.05) is 19.2 Å². The van der Waals surface area contributed by atoms with Crippen molar-refractivity contribution in [3.05, 3.63) is 34.9 Å². The fourth-order valence-corrected chi connectivity index (χ4v) is 2.36. The molecular weight excluding hydrogens is 210 g/mol. The van der Waals surface area contributed by atoms with Gasteiger partial charge in [0.05, 0.1) is 6.10 Å². The summed E-state index contributed by atoms with van der Waals surface area (Å²) in [4.78, 5) is 0. The van der Waals surface area contributed by atoms with Crippen molar-refractivity contribution in [1.82, 2.24) is 5.32 Å². The van der Waals surface area contributed by atoms with E-state index in [1.165, 1.54) is 16.7 Å². The van der Waals surface area contributed by atoms with E-state index in [9.17, 15) is 0 Å². The van der Waals surface area contributed by atoms with Crippen LogP contribution in [0.4, 0.5) is 0 Å². The molecule has 2 rings (SSSR count). The lowest BCUT2D eigenvalue weighted by Crippen LogP contribution is -2.37. The van der Waals surface area contributed by atoms with Crippen LogP contribution < -0.4 is 5.32 Å². The molecule has 2 nitrogen and oxygen atoms in total. The highest BCUT2D eigenvalue weighted by molar-refractivity contribution is 5.29. The van der Waals surface area contributed by atoms with Crippen LogP contribution in [0.2, 0.25) is 0 Å². The van der Waals surface area contributed by atoms with Crippen molar-refractivity contribution >= 4 is 0 Å². The maximum atomic E-state index is 5.55. The number of hydrogen-bond donors (Lipinski definition) is 1. The summed E-state index contributed by atoms with van der Waals surface area (Å²) in [6, 6.07) is 7.32. The van der Waals surface area contributed by atoms with E-state index in [4.69, 9.17) is 4.74 Å². The van der Waals surface area contributed by atoms with Gasteiger partial charge in [-0.15, -0.1) is 0 Å². The summed E-state index contributed by atoms with van der Waals surface area (Å²) >= 11 is 0. The number of aryl methyl sites for hydroxylation is 2. The van der Waals surface area contributed by atoms with Gasteiger partial charge in [0.1, 0.15) is 0 Å². The third kappa shape index (κ3) is 3.55. The van der Waals surface area contributed by atoms with Crippen LogP contribution in [0.5, 0.6) is 0 Å². The zero-order valence-corrected chi connectivity index (χ0v) is 11.1. The smallest absolute Gasteiger partial charge is 0.0561 e. The quantitative estimate of drug-likeness (QED) is 0.866. The van der Waals surface area contributed by atoms with Crippen molar-refractivity contribution in [1.29, 1.82) is 0 Å². The fourth-order valence-electron chi connectivity index (χ4n) is 2.36. The molecule has 1 aliphatic heterocycles. The molecule has 1 aliphatic rings. The Balaban J connectivity index is 1.86. The molecule has 0 radical (unpaired) electrons. The molecule has 0 unspecified atom stereocenters. The van der Waals surface area contributed by atoms with E-state index in [0.717, 1.165) is 26.0 Å². The topological polar surface area (TPSA) is 21.3 Å². The Bertz CT molecular complexity index is 375. The van der Waals surface area contributed by atoms with E-state index >= 15 is 0 Å². The molecule has 2 atom stereocenters. The Kier molecular flexibility index (Phi) is 4.19. The fraction of sp³-hybridized carbons (Fsp3) is 0.600.